The number of esters is 1. The molecule has 7 nitrogen and oxygen atoms in total. The van der Waals surface area contributed by atoms with Crippen molar-refractivity contribution in [1.82, 2.24) is 19.6 Å². The molecule has 0 saturated heterocycles. The molecule has 0 aliphatic rings. The number of carbonyl (C=O) groups excluding carboxylic acids is 1. The van der Waals surface area contributed by atoms with Crippen LogP contribution in [0.3, 0.4) is 0 Å². The number of rotatable bonds is 6. The zero-order valence-electron chi connectivity index (χ0n) is 22.2. The van der Waals surface area contributed by atoms with Crippen LogP contribution < -0.4 is 0 Å². The molecule has 0 aliphatic heterocycles. The van der Waals surface area contributed by atoms with Crippen molar-refractivity contribution < 1.29 is 14.3 Å². The number of aromatic nitrogens is 4. The molecule has 0 spiro atoms. The van der Waals surface area contributed by atoms with Gasteiger partial charge in [-0.05, 0) is 83.0 Å². The molecule has 5 rings (SSSR count). The van der Waals surface area contributed by atoms with Crippen LogP contribution in [0.25, 0.3) is 37.6 Å². The van der Waals surface area contributed by atoms with E-state index in [9.17, 15) is 4.79 Å². The maximum atomic E-state index is 13.3. The third-order valence-electron chi connectivity index (χ3n) is 6.12. The average molecular weight is 549 g/mol. The minimum Gasteiger partial charge on any atom is -0.464 e. The number of halogens is 1. The van der Waals surface area contributed by atoms with Crippen LogP contribution in [0, 0.1) is 13.8 Å². The summed E-state index contributed by atoms with van der Waals surface area (Å²) < 4.78 is 14.7. The monoisotopic (exact) mass is 548 g/mol. The van der Waals surface area contributed by atoms with Gasteiger partial charge in [-0.25, -0.2) is 9.78 Å². The fraction of sp³-hybridized carbons (Fsp3) is 0.310. The Hall–Kier alpha value is -3.33. The van der Waals surface area contributed by atoms with Gasteiger partial charge < -0.3 is 9.47 Å². The Morgan fingerprint density at radius 3 is 2.50 bits per heavy atom. The Balaban J connectivity index is 1.77. The van der Waals surface area contributed by atoms with Crippen LogP contribution in [0.5, 0.6) is 0 Å². The van der Waals surface area contributed by atoms with Crippen molar-refractivity contribution in [2.45, 2.75) is 53.2 Å². The fourth-order valence-electron chi connectivity index (χ4n) is 4.52. The summed E-state index contributed by atoms with van der Waals surface area (Å²) in [5.41, 5.74) is 5.44. The van der Waals surface area contributed by atoms with Gasteiger partial charge in [-0.1, -0.05) is 23.7 Å². The topological polar surface area (TPSA) is 78.6 Å². The van der Waals surface area contributed by atoms with Gasteiger partial charge in [-0.2, -0.15) is 0 Å². The van der Waals surface area contributed by atoms with E-state index < -0.39 is 17.7 Å². The molecule has 2 aromatic carbocycles. The van der Waals surface area contributed by atoms with Crippen LogP contribution in [0.1, 0.15) is 50.8 Å². The molecular weight excluding hydrogens is 520 g/mol. The van der Waals surface area contributed by atoms with Crippen LogP contribution in [0.15, 0.2) is 48.7 Å². The highest BCUT2D eigenvalue weighted by Crippen LogP contribution is 2.44. The number of hydrogen-bond acceptors (Lipinski definition) is 7. The summed E-state index contributed by atoms with van der Waals surface area (Å²) in [6.45, 7) is 11.8. The first-order valence-corrected chi connectivity index (χ1v) is 13.6. The summed E-state index contributed by atoms with van der Waals surface area (Å²) in [5, 5.41) is 9.91. The van der Waals surface area contributed by atoms with Crippen LogP contribution in [-0.2, 0) is 14.3 Å². The standard InChI is InChI=1S/C29H29ClN4O3S/c1-7-36-28(35)25(37-29(4,5)6)23-16(2)14-21-26(24(23)18-8-10-20(30)11-9-18)38-27(31-21)19-12-13-34-17(3)32-33-22(34)15-19/h8-15,25H,7H2,1-6H3/t25-/m0/s1. The van der Waals surface area contributed by atoms with Gasteiger partial charge in [0.05, 0.1) is 22.4 Å². The van der Waals surface area contributed by atoms with Crippen molar-refractivity contribution in [3.63, 3.8) is 0 Å². The maximum Gasteiger partial charge on any atom is 0.339 e. The fourth-order valence-corrected chi connectivity index (χ4v) is 5.76. The first-order valence-electron chi connectivity index (χ1n) is 12.4. The van der Waals surface area contributed by atoms with Gasteiger partial charge in [0.25, 0.3) is 0 Å². The van der Waals surface area contributed by atoms with Gasteiger partial charge in [-0.15, -0.1) is 21.5 Å². The molecule has 0 amide bonds. The van der Waals surface area contributed by atoms with Gasteiger partial charge >= 0.3 is 5.97 Å². The molecule has 0 radical (unpaired) electrons. The SMILES string of the molecule is CCOC(=O)[C@@H](OC(C)(C)C)c1c(C)cc2nc(-c3ccn4c(C)nnc4c3)sc2c1-c1ccc(Cl)cc1. The molecule has 0 unspecified atom stereocenters. The van der Waals surface area contributed by atoms with E-state index in [2.05, 4.69) is 10.2 Å². The lowest BCUT2D eigenvalue weighted by molar-refractivity contribution is -0.166. The molecule has 38 heavy (non-hydrogen) atoms. The van der Waals surface area contributed by atoms with Crippen LogP contribution >= 0.6 is 22.9 Å². The molecular formula is C29H29ClN4O3S. The summed E-state index contributed by atoms with van der Waals surface area (Å²) in [6, 6.07) is 13.6. The lowest BCUT2D eigenvalue weighted by Crippen LogP contribution is -2.29. The molecule has 3 heterocycles. The van der Waals surface area contributed by atoms with Crippen molar-refractivity contribution in [1.29, 1.82) is 0 Å². The number of ether oxygens (including phenoxy) is 2. The van der Waals surface area contributed by atoms with Crippen molar-refractivity contribution in [2.24, 2.45) is 0 Å². The number of aryl methyl sites for hydroxylation is 2. The van der Waals surface area contributed by atoms with E-state index in [4.69, 9.17) is 26.1 Å². The van der Waals surface area contributed by atoms with Gasteiger partial charge in [0.15, 0.2) is 11.8 Å². The van der Waals surface area contributed by atoms with E-state index in [0.29, 0.717) is 5.02 Å². The quantitative estimate of drug-likeness (QED) is 0.206. The number of thiazole rings is 1. The molecule has 9 heteroatoms. The van der Waals surface area contributed by atoms with Gasteiger partial charge in [0, 0.05) is 27.9 Å². The van der Waals surface area contributed by atoms with Crippen molar-refractivity contribution in [2.75, 3.05) is 6.61 Å². The highest BCUT2D eigenvalue weighted by atomic mass is 35.5. The van der Waals surface area contributed by atoms with Crippen LogP contribution in [0.2, 0.25) is 5.02 Å². The number of pyridine rings is 1. The second-order valence-corrected chi connectivity index (χ2v) is 11.5. The van der Waals surface area contributed by atoms with Crippen molar-refractivity contribution >= 4 is 44.8 Å². The van der Waals surface area contributed by atoms with E-state index in [1.54, 1.807) is 18.3 Å². The highest BCUT2D eigenvalue weighted by Gasteiger charge is 2.33. The zero-order chi connectivity index (χ0) is 27.2. The van der Waals surface area contributed by atoms with E-state index in [-0.39, 0.29) is 6.61 Å². The van der Waals surface area contributed by atoms with E-state index >= 15 is 0 Å². The number of fused-ring (bicyclic) bond motifs is 2. The number of benzene rings is 2. The van der Waals surface area contributed by atoms with Gasteiger partial charge in [-0.3, -0.25) is 4.40 Å². The highest BCUT2D eigenvalue weighted by molar-refractivity contribution is 7.22. The Morgan fingerprint density at radius 2 is 1.82 bits per heavy atom. The Kier molecular flexibility index (Phi) is 6.98. The lowest BCUT2D eigenvalue weighted by Gasteiger charge is -2.29. The third-order valence-corrected chi connectivity index (χ3v) is 7.51. The van der Waals surface area contributed by atoms with Crippen LogP contribution in [0.4, 0.5) is 0 Å². The predicted octanol–water partition coefficient (Wildman–Crippen LogP) is 7.36. The van der Waals surface area contributed by atoms with Crippen molar-refractivity contribution in [3.8, 4) is 21.7 Å². The van der Waals surface area contributed by atoms with Crippen LogP contribution in [-0.4, -0.2) is 37.8 Å². The van der Waals surface area contributed by atoms with E-state index in [1.165, 1.54) is 0 Å². The van der Waals surface area contributed by atoms with E-state index in [0.717, 1.165) is 54.5 Å². The number of nitrogens with zero attached hydrogens (tertiary/aromatic N) is 4. The molecule has 0 aliphatic carbocycles. The number of carbonyl (C=O) groups is 1. The summed E-state index contributed by atoms with van der Waals surface area (Å²) in [5.74, 6) is 0.405. The minimum absolute atomic E-state index is 0.260. The molecule has 0 saturated carbocycles. The molecule has 196 valence electrons. The van der Waals surface area contributed by atoms with Crippen molar-refractivity contribution in [3.05, 3.63) is 70.6 Å². The normalized spacial score (nSPS) is 12.8. The molecule has 5 aromatic rings. The second-order valence-electron chi connectivity index (χ2n) is 10.1. The smallest absolute Gasteiger partial charge is 0.339 e. The average Bonchev–Trinajstić information content (AvgIpc) is 3.45. The first kappa shape index (κ1) is 26.3. The Bertz CT molecular complexity index is 1650. The van der Waals surface area contributed by atoms with Gasteiger partial charge in [0.1, 0.15) is 10.8 Å². The molecule has 0 N–H and O–H groups in total. The maximum absolute atomic E-state index is 13.3. The Morgan fingerprint density at radius 1 is 1.08 bits per heavy atom. The van der Waals surface area contributed by atoms with E-state index in [1.807, 2.05) is 87.7 Å². The third kappa shape index (κ3) is 5.04. The minimum atomic E-state index is -0.911. The summed E-state index contributed by atoms with van der Waals surface area (Å²) in [6.07, 6.45) is 1.04. The molecule has 3 aromatic heterocycles. The molecule has 0 bridgehead atoms. The number of hydrogen-bond donors (Lipinski definition) is 0. The van der Waals surface area contributed by atoms with Gasteiger partial charge in [0.2, 0.25) is 0 Å². The largest absolute Gasteiger partial charge is 0.464 e. The lowest BCUT2D eigenvalue weighted by atomic mass is 9.91. The predicted molar refractivity (Wildman–Crippen MR) is 152 cm³/mol. The summed E-state index contributed by atoms with van der Waals surface area (Å²) >= 11 is 7.81. The first-order chi connectivity index (χ1) is 18.1. The molecule has 1 atom stereocenters. The second kappa shape index (κ2) is 10.1. The zero-order valence-corrected chi connectivity index (χ0v) is 23.8. The summed E-state index contributed by atoms with van der Waals surface area (Å²) in [4.78, 5) is 18.3. The molecule has 0 fully saturated rings. The Labute approximate surface area is 230 Å². The summed E-state index contributed by atoms with van der Waals surface area (Å²) in [7, 11) is 0.